The third-order valence-corrected chi connectivity index (χ3v) is 4.12. The maximum Gasteiger partial charge on any atom is 0.416 e. The van der Waals surface area contributed by atoms with Crippen LogP contribution in [0.5, 0.6) is 0 Å². The predicted octanol–water partition coefficient (Wildman–Crippen LogP) is 4.60. The van der Waals surface area contributed by atoms with Crippen LogP contribution in [0.25, 0.3) is 22.2 Å². The highest BCUT2D eigenvalue weighted by Gasteiger charge is 2.30. The van der Waals surface area contributed by atoms with Crippen molar-refractivity contribution < 1.29 is 18.4 Å². The summed E-state index contributed by atoms with van der Waals surface area (Å²) in [6.07, 6.45) is -1.31. The van der Waals surface area contributed by atoms with Crippen molar-refractivity contribution in [3.05, 3.63) is 48.3 Å². The zero-order valence-corrected chi connectivity index (χ0v) is 14.2. The van der Waals surface area contributed by atoms with Crippen molar-refractivity contribution in [2.75, 3.05) is 0 Å². The first-order chi connectivity index (χ1) is 12.3. The van der Waals surface area contributed by atoms with Gasteiger partial charge in [-0.25, -0.2) is 0 Å². The fourth-order valence-corrected chi connectivity index (χ4v) is 2.60. The molecule has 5 nitrogen and oxygen atoms in total. The number of nitrogens with zero attached hydrogens (tertiary/aromatic N) is 4. The van der Waals surface area contributed by atoms with E-state index in [4.69, 9.17) is 5.21 Å². The van der Waals surface area contributed by atoms with Gasteiger partial charge in [0.15, 0.2) is 0 Å². The molecule has 0 saturated heterocycles. The molecule has 0 saturated carbocycles. The molecule has 26 heavy (non-hydrogen) atoms. The van der Waals surface area contributed by atoms with E-state index >= 15 is 0 Å². The molecule has 2 heterocycles. The lowest BCUT2D eigenvalue weighted by atomic mass is 10.0. The Morgan fingerprint density at radius 3 is 2.62 bits per heavy atom. The fraction of sp³-hybridized carbons (Fsp3) is 0.278. The molecule has 0 aliphatic carbocycles. The summed E-state index contributed by atoms with van der Waals surface area (Å²) in [6.45, 7) is 4.06. The molecule has 8 heteroatoms. The van der Waals surface area contributed by atoms with Gasteiger partial charge in [-0.3, -0.25) is 9.67 Å². The number of alkyl halides is 3. The molecule has 1 aromatic carbocycles. The first kappa shape index (κ1) is 17.9. The Balaban J connectivity index is 2.03. The summed E-state index contributed by atoms with van der Waals surface area (Å²) in [7, 11) is 0. The van der Waals surface area contributed by atoms with Crippen LogP contribution in [0.4, 0.5) is 13.2 Å². The van der Waals surface area contributed by atoms with Crippen molar-refractivity contribution in [2.45, 2.75) is 26.6 Å². The highest BCUT2D eigenvalue weighted by molar-refractivity contribution is 5.87. The van der Waals surface area contributed by atoms with Gasteiger partial charge < -0.3 is 5.21 Å². The van der Waals surface area contributed by atoms with Gasteiger partial charge in [0, 0.05) is 11.8 Å². The minimum atomic E-state index is -4.40. The Kier molecular flexibility index (Phi) is 4.67. The summed E-state index contributed by atoms with van der Waals surface area (Å²) in [5.74, 6) is 0.0267. The van der Waals surface area contributed by atoms with Crippen LogP contribution in [0.15, 0.2) is 47.9 Å². The third-order valence-electron chi connectivity index (χ3n) is 4.12. The van der Waals surface area contributed by atoms with Crippen molar-refractivity contribution in [3.8, 4) is 11.1 Å². The maximum atomic E-state index is 12.9. The largest absolute Gasteiger partial charge is 0.416 e. The molecule has 3 aromatic rings. The Labute approximate surface area is 147 Å². The molecule has 1 N–H and O–H groups in total. The zero-order chi connectivity index (χ0) is 18.9. The number of hydrogen-bond acceptors (Lipinski definition) is 4. The monoisotopic (exact) mass is 362 g/mol. The highest BCUT2D eigenvalue weighted by atomic mass is 19.4. The summed E-state index contributed by atoms with van der Waals surface area (Å²) < 4.78 is 40.4. The molecule has 0 aliphatic heterocycles. The van der Waals surface area contributed by atoms with Crippen LogP contribution >= 0.6 is 0 Å². The Morgan fingerprint density at radius 1 is 1.19 bits per heavy atom. The number of hydrogen-bond donors (Lipinski definition) is 1. The predicted molar refractivity (Wildman–Crippen MR) is 92.0 cm³/mol. The second-order valence-corrected chi connectivity index (χ2v) is 6.26. The fourth-order valence-electron chi connectivity index (χ4n) is 2.60. The van der Waals surface area contributed by atoms with Crippen LogP contribution < -0.4 is 0 Å². The first-order valence-electron chi connectivity index (χ1n) is 7.99. The average Bonchev–Trinajstić information content (AvgIpc) is 3.00. The molecule has 0 fully saturated rings. The lowest BCUT2D eigenvalue weighted by molar-refractivity contribution is -0.137. The Hall–Kier alpha value is -2.90. The number of rotatable bonds is 4. The molecule has 0 radical (unpaired) electrons. The van der Waals surface area contributed by atoms with Gasteiger partial charge in [0.05, 0.1) is 29.5 Å². The van der Waals surface area contributed by atoms with Crippen molar-refractivity contribution in [1.29, 1.82) is 0 Å². The van der Waals surface area contributed by atoms with Gasteiger partial charge >= 0.3 is 6.18 Å². The highest BCUT2D eigenvalue weighted by Crippen LogP contribution is 2.32. The summed E-state index contributed by atoms with van der Waals surface area (Å²) in [5.41, 5.74) is 2.07. The van der Waals surface area contributed by atoms with Crippen LogP contribution in [0, 0.1) is 5.92 Å². The third kappa shape index (κ3) is 3.54. The minimum Gasteiger partial charge on any atom is -0.411 e. The van der Waals surface area contributed by atoms with E-state index in [-0.39, 0.29) is 12.5 Å². The number of fused-ring (bicyclic) bond motifs is 1. The molecular formula is C18H17F3N4O. The SMILES string of the molecule is CC(C)/C(Cn1ncc2ncc(-c3cccc(C(F)(F)F)c3)cc21)=N/O. The van der Waals surface area contributed by atoms with E-state index < -0.39 is 11.7 Å². The van der Waals surface area contributed by atoms with Crippen molar-refractivity contribution in [1.82, 2.24) is 14.8 Å². The van der Waals surface area contributed by atoms with Gasteiger partial charge in [-0.15, -0.1) is 0 Å². The van der Waals surface area contributed by atoms with Crippen LogP contribution in [-0.2, 0) is 12.7 Å². The minimum absolute atomic E-state index is 0.0267. The van der Waals surface area contributed by atoms with Gasteiger partial charge in [-0.05, 0) is 29.7 Å². The summed E-state index contributed by atoms with van der Waals surface area (Å²) in [5, 5.41) is 16.7. The zero-order valence-electron chi connectivity index (χ0n) is 14.2. The maximum absolute atomic E-state index is 12.9. The number of pyridine rings is 1. The number of aromatic nitrogens is 3. The molecular weight excluding hydrogens is 345 g/mol. The number of benzene rings is 1. The van der Waals surface area contributed by atoms with Gasteiger partial charge in [-0.2, -0.15) is 18.3 Å². The molecule has 0 amide bonds. The van der Waals surface area contributed by atoms with E-state index in [1.54, 1.807) is 23.0 Å². The van der Waals surface area contributed by atoms with Crippen LogP contribution in [0.3, 0.4) is 0 Å². The second-order valence-electron chi connectivity index (χ2n) is 6.26. The molecule has 0 spiro atoms. The molecule has 0 bridgehead atoms. The molecule has 0 unspecified atom stereocenters. The summed E-state index contributed by atoms with van der Waals surface area (Å²) in [4.78, 5) is 4.28. The van der Waals surface area contributed by atoms with Gasteiger partial charge in [0.25, 0.3) is 0 Å². The molecule has 0 aliphatic rings. The van der Waals surface area contributed by atoms with E-state index in [0.29, 0.717) is 27.9 Å². The summed E-state index contributed by atoms with van der Waals surface area (Å²) >= 11 is 0. The van der Waals surface area contributed by atoms with E-state index in [1.165, 1.54) is 12.3 Å². The average molecular weight is 362 g/mol. The molecule has 3 rings (SSSR count). The van der Waals surface area contributed by atoms with E-state index in [1.807, 2.05) is 13.8 Å². The van der Waals surface area contributed by atoms with Crippen molar-refractivity contribution in [3.63, 3.8) is 0 Å². The van der Waals surface area contributed by atoms with Crippen LogP contribution in [0.2, 0.25) is 0 Å². The van der Waals surface area contributed by atoms with Gasteiger partial charge in [0.2, 0.25) is 0 Å². The van der Waals surface area contributed by atoms with E-state index in [2.05, 4.69) is 15.2 Å². The second kappa shape index (κ2) is 6.78. The van der Waals surface area contributed by atoms with E-state index in [0.717, 1.165) is 12.1 Å². The quantitative estimate of drug-likeness (QED) is 0.419. The normalized spacial score (nSPS) is 12.9. The lowest BCUT2D eigenvalue weighted by Crippen LogP contribution is -2.17. The topological polar surface area (TPSA) is 63.3 Å². The summed E-state index contributed by atoms with van der Waals surface area (Å²) in [6, 6.07) is 6.84. The smallest absolute Gasteiger partial charge is 0.411 e. The molecule has 2 aromatic heterocycles. The standard InChI is InChI=1S/C18H17F3N4O/c1-11(2)16(24-26)10-25-17-7-13(8-22-15(17)9-23-25)12-4-3-5-14(6-12)18(19,20)21/h3-9,11,26H,10H2,1-2H3/b24-16+. The van der Waals surface area contributed by atoms with E-state index in [9.17, 15) is 13.2 Å². The lowest BCUT2D eigenvalue weighted by Gasteiger charge is -2.10. The van der Waals surface area contributed by atoms with Crippen LogP contribution in [-0.4, -0.2) is 25.7 Å². The first-order valence-corrected chi connectivity index (χ1v) is 7.99. The Bertz CT molecular complexity index is 960. The Morgan fingerprint density at radius 2 is 1.96 bits per heavy atom. The van der Waals surface area contributed by atoms with Crippen molar-refractivity contribution in [2.24, 2.45) is 11.1 Å². The number of oxime groups is 1. The molecule has 136 valence electrons. The van der Waals surface area contributed by atoms with Crippen molar-refractivity contribution >= 4 is 16.7 Å². The number of halogens is 3. The van der Waals surface area contributed by atoms with Crippen LogP contribution in [0.1, 0.15) is 19.4 Å². The van der Waals surface area contributed by atoms with Gasteiger partial charge in [-0.1, -0.05) is 31.1 Å². The van der Waals surface area contributed by atoms with Gasteiger partial charge in [0.1, 0.15) is 5.52 Å². The molecule has 0 atom stereocenters.